The van der Waals surface area contributed by atoms with Crippen LogP contribution in [-0.2, 0) is 13.2 Å². The third-order valence-electron chi connectivity index (χ3n) is 3.45. The first kappa shape index (κ1) is 10.7. The highest BCUT2D eigenvalue weighted by Crippen LogP contribution is 2.28. The minimum Gasteiger partial charge on any atom is -0.390 e. The van der Waals surface area contributed by atoms with Crippen LogP contribution in [0.4, 0.5) is 0 Å². The van der Waals surface area contributed by atoms with E-state index in [2.05, 4.69) is 9.55 Å². The van der Waals surface area contributed by atoms with Crippen molar-refractivity contribution in [2.75, 3.05) is 0 Å². The van der Waals surface area contributed by atoms with E-state index in [1.165, 1.54) is 38.5 Å². The van der Waals surface area contributed by atoms with Crippen LogP contribution in [0.15, 0.2) is 12.5 Å². The molecule has 0 aliphatic heterocycles. The Labute approximate surface area is 91.1 Å². The minimum atomic E-state index is 0.101. The lowest BCUT2D eigenvalue weighted by molar-refractivity contribution is 0.269. The summed E-state index contributed by atoms with van der Waals surface area (Å²) in [5.41, 5.74) is 0.932. The summed E-state index contributed by atoms with van der Waals surface area (Å²) in [6, 6.07) is 0. The van der Waals surface area contributed by atoms with Crippen LogP contribution in [0, 0.1) is 5.92 Å². The van der Waals surface area contributed by atoms with Crippen molar-refractivity contribution in [3.8, 4) is 0 Å². The molecule has 2 rings (SSSR count). The Bertz CT molecular complexity index is 290. The van der Waals surface area contributed by atoms with Gasteiger partial charge in [0.25, 0.3) is 0 Å². The maximum absolute atomic E-state index is 9.06. The summed E-state index contributed by atoms with van der Waals surface area (Å²) in [4.78, 5) is 4.05. The normalized spacial score (nSPS) is 17.4. The monoisotopic (exact) mass is 208 g/mol. The zero-order valence-electron chi connectivity index (χ0n) is 9.23. The van der Waals surface area contributed by atoms with Crippen LogP contribution in [0.5, 0.6) is 0 Å². The standard InChI is InChI=1S/C12H20N2O/c15-9-12-8-13-10-14(12)7-3-6-11-4-1-2-5-11/h8,10-11,15H,1-7,9H2. The summed E-state index contributed by atoms with van der Waals surface area (Å²) in [6.45, 7) is 1.11. The molecule has 84 valence electrons. The van der Waals surface area contributed by atoms with Crippen LogP contribution in [0.25, 0.3) is 0 Å². The van der Waals surface area contributed by atoms with Crippen LogP contribution in [0.3, 0.4) is 0 Å². The maximum atomic E-state index is 9.06. The lowest BCUT2D eigenvalue weighted by Crippen LogP contribution is -2.03. The molecule has 15 heavy (non-hydrogen) atoms. The van der Waals surface area contributed by atoms with Gasteiger partial charge >= 0.3 is 0 Å². The first-order valence-corrected chi connectivity index (χ1v) is 6.00. The lowest BCUT2D eigenvalue weighted by atomic mass is 10.0. The molecule has 1 fully saturated rings. The molecule has 0 spiro atoms. The maximum Gasteiger partial charge on any atom is 0.0948 e. The summed E-state index contributed by atoms with van der Waals surface area (Å²) in [5, 5.41) is 9.06. The van der Waals surface area contributed by atoms with Crippen LogP contribution in [-0.4, -0.2) is 14.7 Å². The number of nitrogens with zero attached hydrogens (tertiary/aromatic N) is 2. The summed E-state index contributed by atoms with van der Waals surface area (Å²) in [7, 11) is 0. The van der Waals surface area contributed by atoms with E-state index < -0.39 is 0 Å². The van der Waals surface area contributed by atoms with E-state index in [-0.39, 0.29) is 6.61 Å². The van der Waals surface area contributed by atoms with Crippen molar-refractivity contribution in [1.82, 2.24) is 9.55 Å². The first-order valence-electron chi connectivity index (χ1n) is 6.00. The van der Waals surface area contributed by atoms with Crippen LogP contribution < -0.4 is 0 Å². The van der Waals surface area contributed by atoms with E-state index in [9.17, 15) is 0 Å². The van der Waals surface area contributed by atoms with Gasteiger partial charge in [-0.05, 0) is 18.8 Å². The number of hydrogen-bond acceptors (Lipinski definition) is 2. The van der Waals surface area contributed by atoms with E-state index in [0.717, 1.165) is 18.2 Å². The predicted molar refractivity (Wildman–Crippen MR) is 59.3 cm³/mol. The Kier molecular flexibility index (Phi) is 3.78. The summed E-state index contributed by atoms with van der Waals surface area (Å²) >= 11 is 0. The molecule has 0 saturated heterocycles. The molecular formula is C12H20N2O. The zero-order chi connectivity index (χ0) is 10.5. The van der Waals surface area contributed by atoms with Gasteiger partial charge in [-0.3, -0.25) is 0 Å². The Hall–Kier alpha value is -0.830. The van der Waals surface area contributed by atoms with E-state index >= 15 is 0 Å². The van der Waals surface area contributed by atoms with Gasteiger partial charge in [0.1, 0.15) is 0 Å². The molecule has 3 heteroatoms. The number of aliphatic hydroxyl groups is 1. The lowest BCUT2D eigenvalue weighted by Gasteiger charge is -2.10. The van der Waals surface area contributed by atoms with Gasteiger partial charge in [-0.25, -0.2) is 4.98 Å². The highest BCUT2D eigenvalue weighted by atomic mass is 16.3. The number of imidazole rings is 1. The van der Waals surface area contributed by atoms with Crippen LogP contribution in [0.2, 0.25) is 0 Å². The second kappa shape index (κ2) is 5.31. The minimum absolute atomic E-state index is 0.101. The highest BCUT2D eigenvalue weighted by Gasteiger charge is 2.14. The molecule has 1 saturated carbocycles. The van der Waals surface area contributed by atoms with E-state index in [1.54, 1.807) is 6.20 Å². The molecule has 1 aromatic rings. The van der Waals surface area contributed by atoms with Crippen molar-refractivity contribution < 1.29 is 5.11 Å². The Balaban J connectivity index is 1.73. The van der Waals surface area contributed by atoms with E-state index in [1.807, 2.05) is 6.33 Å². The molecule has 1 aromatic heterocycles. The molecule has 0 radical (unpaired) electrons. The topological polar surface area (TPSA) is 38.1 Å². The molecule has 1 aliphatic carbocycles. The second-order valence-electron chi connectivity index (χ2n) is 4.53. The predicted octanol–water partition coefficient (Wildman–Crippen LogP) is 2.35. The third kappa shape index (κ3) is 2.81. The summed E-state index contributed by atoms with van der Waals surface area (Å²) in [5.74, 6) is 0.964. The molecule has 3 nitrogen and oxygen atoms in total. The zero-order valence-corrected chi connectivity index (χ0v) is 9.23. The van der Waals surface area contributed by atoms with Gasteiger partial charge in [0.2, 0.25) is 0 Å². The van der Waals surface area contributed by atoms with E-state index in [0.29, 0.717) is 0 Å². The number of hydrogen-bond donors (Lipinski definition) is 1. The third-order valence-corrected chi connectivity index (χ3v) is 3.45. The Morgan fingerprint density at radius 2 is 2.20 bits per heavy atom. The molecule has 0 atom stereocenters. The van der Waals surface area contributed by atoms with Gasteiger partial charge in [0.05, 0.1) is 24.8 Å². The molecule has 1 heterocycles. The smallest absolute Gasteiger partial charge is 0.0948 e. The molecule has 1 aliphatic rings. The van der Waals surface area contributed by atoms with Crippen molar-refractivity contribution in [2.24, 2.45) is 5.92 Å². The molecule has 0 amide bonds. The number of rotatable bonds is 5. The SMILES string of the molecule is OCc1cncn1CCCC1CCCC1. The van der Waals surface area contributed by atoms with Crippen molar-refractivity contribution in [2.45, 2.75) is 51.7 Å². The van der Waals surface area contributed by atoms with Crippen LogP contribution >= 0.6 is 0 Å². The largest absolute Gasteiger partial charge is 0.390 e. The van der Waals surface area contributed by atoms with Crippen molar-refractivity contribution in [3.05, 3.63) is 18.2 Å². The average Bonchev–Trinajstić information content (AvgIpc) is 2.88. The summed E-state index contributed by atoms with van der Waals surface area (Å²) in [6.07, 6.45) is 11.8. The van der Waals surface area contributed by atoms with Gasteiger partial charge < -0.3 is 9.67 Å². The second-order valence-corrected chi connectivity index (χ2v) is 4.53. The van der Waals surface area contributed by atoms with Gasteiger partial charge in [-0.1, -0.05) is 25.7 Å². The Morgan fingerprint density at radius 3 is 2.93 bits per heavy atom. The molecular weight excluding hydrogens is 188 g/mol. The number of aliphatic hydroxyl groups excluding tert-OH is 1. The quantitative estimate of drug-likeness (QED) is 0.806. The van der Waals surface area contributed by atoms with Crippen molar-refractivity contribution in [3.63, 3.8) is 0 Å². The first-order chi connectivity index (χ1) is 7.40. The molecule has 0 aromatic carbocycles. The summed E-state index contributed by atoms with van der Waals surface area (Å²) < 4.78 is 2.06. The van der Waals surface area contributed by atoms with Gasteiger partial charge in [-0.15, -0.1) is 0 Å². The van der Waals surface area contributed by atoms with Gasteiger partial charge in [-0.2, -0.15) is 0 Å². The fourth-order valence-corrected chi connectivity index (χ4v) is 2.53. The fourth-order valence-electron chi connectivity index (χ4n) is 2.53. The van der Waals surface area contributed by atoms with E-state index in [4.69, 9.17) is 5.11 Å². The van der Waals surface area contributed by atoms with Crippen molar-refractivity contribution >= 4 is 0 Å². The van der Waals surface area contributed by atoms with Crippen molar-refractivity contribution in [1.29, 1.82) is 0 Å². The highest BCUT2D eigenvalue weighted by molar-refractivity contribution is 4.95. The average molecular weight is 208 g/mol. The molecule has 0 bridgehead atoms. The van der Waals surface area contributed by atoms with Gasteiger partial charge in [0.15, 0.2) is 0 Å². The fraction of sp³-hybridized carbons (Fsp3) is 0.750. The van der Waals surface area contributed by atoms with Crippen LogP contribution in [0.1, 0.15) is 44.2 Å². The molecule has 1 N–H and O–H groups in total. The number of aryl methyl sites for hydroxylation is 1. The molecule has 0 unspecified atom stereocenters. The number of aromatic nitrogens is 2. The van der Waals surface area contributed by atoms with Gasteiger partial charge in [0, 0.05) is 6.54 Å². The Morgan fingerprint density at radius 1 is 1.40 bits per heavy atom.